The third-order valence-electron chi connectivity index (χ3n) is 1.70. The van der Waals surface area contributed by atoms with Gasteiger partial charge < -0.3 is 10.5 Å². The van der Waals surface area contributed by atoms with Gasteiger partial charge in [0.2, 0.25) is 0 Å². The van der Waals surface area contributed by atoms with Gasteiger partial charge in [0.1, 0.15) is 12.4 Å². The normalized spacial score (nSPS) is 12.9. The van der Waals surface area contributed by atoms with Crippen molar-refractivity contribution < 1.29 is 17.9 Å². The van der Waals surface area contributed by atoms with Crippen LogP contribution in [0.15, 0.2) is 24.3 Å². The van der Waals surface area contributed by atoms with Crippen LogP contribution in [-0.2, 0) is 0 Å². The molecule has 78 valence electrons. The Balaban J connectivity index is 2.68. The Bertz CT molecular complexity index is 276. The van der Waals surface area contributed by atoms with Crippen molar-refractivity contribution in [3.63, 3.8) is 0 Å². The van der Waals surface area contributed by atoms with Crippen molar-refractivity contribution in [2.75, 3.05) is 6.67 Å². The Morgan fingerprint density at radius 3 is 2.21 bits per heavy atom. The number of halogens is 3. The molecule has 1 aromatic rings. The molecule has 2 nitrogen and oxygen atoms in total. The van der Waals surface area contributed by atoms with Crippen molar-refractivity contribution >= 4 is 0 Å². The largest absolute Gasteiger partial charge is 0.435 e. The topological polar surface area (TPSA) is 35.2 Å². The highest BCUT2D eigenvalue weighted by atomic mass is 19.3. The molecule has 1 rings (SSSR count). The lowest BCUT2D eigenvalue weighted by molar-refractivity contribution is -0.0498. The molecule has 1 aromatic carbocycles. The van der Waals surface area contributed by atoms with Gasteiger partial charge in [-0.25, -0.2) is 4.39 Å². The van der Waals surface area contributed by atoms with E-state index in [0.29, 0.717) is 5.56 Å². The van der Waals surface area contributed by atoms with Gasteiger partial charge in [0, 0.05) is 0 Å². The lowest BCUT2D eigenvalue weighted by atomic mass is 10.1. The standard InChI is InChI=1S/C9H10F3NO/c10-5-8(13)6-1-3-7(4-2-6)14-9(11)12/h1-4,8-9H,5,13H2. The Hall–Kier alpha value is -1.23. The summed E-state index contributed by atoms with van der Waals surface area (Å²) in [4.78, 5) is 0. The molecule has 0 fully saturated rings. The van der Waals surface area contributed by atoms with E-state index < -0.39 is 19.3 Å². The number of alkyl halides is 3. The van der Waals surface area contributed by atoms with E-state index in [0.717, 1.165) is 0 Å². The van der Waals surface area contributed by atoms with Gasteiger partial charge >= 0.3 is 6.61 Å². The second-order valence-corrected chi connectivity index (χ2v) is 2.71. The Labute approximate surface area is 79.5 Å². The molecular weight excluding hydrogens is 195 g/mol. The number of nitrogens with two attached hydrogens (primary N) is 1. The molecule has 0 amide bonds. The van der Waals surface area contributed by atoms with E-state index in [2.05, 4.69) is 4.74 Å². The molecule has 1 atom stereocenters. The quantitative estimate of drug-likeness (QED) is 0.818. The van der Waals surface area contributed by atoms with Crippen LogP contribution in [0.25, 0.3) is 0 Å². The van der Waals surface area contributed by atoms with Crippen LogP contribution in [0, 0.1) is 0 Å². The second-order valence-electron chi connectivity index (χ2n) is 2.71. The number of benzene rings is 1. The highest BCUT2D eigenvalue weighted by Gasteiger charge is 2.07. The van der Waals surface area contributed by atoms with E-state index in [1.54, 1.807) is 0 Å². The highest BCUT2D eigenvalue weighted by Crippen LogP contribution is 2.18. The molecule has 0 bridgehead atoms. The smallest absolute Gasteiger partial charge is 0.387 e. The van der Waals surface area contributed by atoms with E-state index in [-0.39, 0.29) is 5.75 Å². The fraction of sp³-hybridized carbons (Fsp3) is 0.333. The molecule has 0 aliphatic heterocycles. The van der Waals surface area contributed by atoms with Crippen molar-refractivity contribution in [2.45, 2.75) is 12.7 Å². The third kappa shape index (κ3) is 2.92. The molecule has 0 aromatic heterocycles. The van der Waals surface area contributed by atoms with Crippen LogP contribution in [0.4, 0.5) is 13.2 Å². The Kier molecular flexibility index (Phi) is 3.76. The molecule has 0 aliphatic rings. The maximum absolute atomic E-state index is 12.1. The van der Waals surface area contributed by atoms with Crippen LogP contribution in [-0.4, -0.2) is 13.3 Å². The zero-order valence-corrected chi connectivity index (χ0v) is 7.29. The molecule has 0 radical (unpaired) electrons. The fourth-order valence-electron chi connectivity index (χ4n) is 0.986. The van der Waals surface area contributed by atoms with Gasteiger partial charge in [-0.15, -0.1) is 0 Å². The van der Waals surface area contributed by atoms with E-state index in [1.807, 2.05) is 0 Å². The van der Waals surface area contributed by atoms with Crippen molar-refractivity contribution in [1.29, 1.82) is 0 Å². The summed E-state index contributed by atoms with van der Waals surface area (Å²) in [6, 6.07) is 4.87. The molecule has 0 saturated heterocycles. The first-order valence-electron chi connectivity index (χ1n) is 4.00. The first-order chi connectivity index (χ1) is 6.63. The van der Waals surface area contributed by atoms with Crippen molar-refractivity contribution in [1.82, 2.24) is 0 Å². The molecule has 0 saturated carbocycles. The molecule has 14 heavy (non-hydrogen) atoms. The summed E-state index contributed by atoms with van der Waals surface area (Å²) in [6.45, 7) is -3.54. The summed E-state index contributed by atoms with van der Waals surface area (Å²) in [7, 11) is 0. The molecule has 0 aliphatic carbocycles. The molecular formula is C9H10F3NO. The van der Waals surface area contributed by atoms with Gasteiger partial charge in [-0.3, -0.25) is 0 Å². The van der Waals surface area contributed by atoms with E-state index in [1.165, 1.54) is 24.3 Å². The van der Waals surface area contributed by atoms with Crippen LogP contribution >= 0.6 is 0 Å². The Morgan fingerprint density at radius 1 is 1.21 bits per heavy atom. The van der Waals surface area contributed by atoms with Crippen LogP contribution in [0.2, 0.25) is 0 Å². The SMILES string of the molecule is NC(CF)c1ccc(OC(F)F)cc1. The van der Waals surface area contributed by atoms with Crippen LogP contribution < -0.4 is 10.5 Å². The minimum Gasteiger partial charge on any atom is -0.435 e. The number of hydrogen-bond donors (Lipinski definition) is 1. The van der Waals surface area contributed by atoms with Crippen molar-refractivity contribution in [2.24, 2.45) is 5.73 Å². The van der Waals surface area contributed by atoms with Gasteiger partial charge in [0.15, 0.2) is 0 Å². The van der Waals surface area contributed by atoms with Gasteiger partial charge in [0.25, 0.3) is 0 Å². The summed E-state index contributed by atoms with van der Waals surface area (Å²) < 4.78 is 39.7. The average molecular weight is 205 g/mol. The average Bonchev–Trinajstić information content (AvgIpc) is 2.17. The van der Waals surface area contributed by atoms with Crippen molar-refractivity contribution in [3.8, 4) is 5.75 Å². The predicted molar refractivity (Wildman–Crippen MR) is 46.0 cm³/mol. The highest BCUT2D eigenvalue weighted by molar-refractivity contribution is 5.29. The van der Waals surface area contributed by atoms with Crippen LogP contribution in [0.1, 0.15) is 11.6 Å². The Morgan fingerprint density at radius 2 is 1.79 bits per heavy atom. The van der Waals surface area contributed by atoms with Gasteiger partial charge in [-0.1, -0.05) is 12.1 Å². The molecule has 0 heterocycles. The summed E-state index contributed by atoms with van der Waals surface area (Å²) in [5.41, 5.74) is 5.93. The first-order valence-corrected chi connectivity index (χ1v) is 4.00. The summed E-state index contributed by atoms with van der Waals surface area (Å²) in [5, 5.41) is 0. The maximum Gasteiger partial charge on any atom is 0.387 e. The summed E-state index contributed by atoms with van der Waals surface area (Å²) in [6.07, 6.45) is 0. The zero-order valence-electron chi connectivity index (χ0n) is 7.29. The predicted octanol–water partition coefficient (Wildman–Crippen LogP) is 2.26. The van der Waals surface area contributed by atoms with Gasteiger partial charge in [-0.2, -0.15) is 8.78 Å². The summed E-state index contributed by atoms with van der Waals surface area (Å²) >= 11 is 0. The van der Waals surface area contributed by atoms with Gasteiger partial charge in [-0.05, 0) is 17.7 Å². The van der Waals surface area contributed by atoms with E-state index in [9.17, 15) is 13.2 Å². The third-order valence-corrected chi connectivity index (χ3v) is 1.70. The molecule has 5 heteroatoms. The van der Waals surface area contributed by atoms with Crippen molar-refractivity contribution in [3.05, 3.63) is 29.8 Å². The number of rotatable bonds is 4. The van der Waals surface area contributed by atoms with E-state index in [4.69, 9.17) is 5.73 Å². The van der Waals surface area contributed by atoms with Gasteiger partial charge in [0.05, 0.1) is 6.04 Å². The lowest BCUT2D eigenvalue weighted by Crippen LogP contribution is -2.12. The first kappa shape index (κ1) is 10.8. The zero-order chi connectivity index (χ0) is 10.6. The minimum atomic E-state index is -2.85. The van der Waals surface area contributed by atoms with Crippen LogP contribution in [0.3, 0.4) is 0 Å². The monoisotopic (exact) mass is 205 g/mol. The van der Waals surface area contributed by atoms with E-state index >= 15 is 0 Å². The molecule has 2 N–H and O–H groups in total. The minimum absolute atomic E-state index is 0.0369. The number of hydrogen-bond acceptors (Lipinski definition) is 2. The molecule has 0 spiro atoms. The van der Waals surface area contributed by atoms with Crippen LogP contribution in [0.5, 0.6) is 5.75 Å². The maximum atomic E-state index is 12.1. The second kappa shape index (κ2) is 4.85. The molecule has 1 unspecified atom stereocenters. The fourth-order valence-corrected chi connectivity index (χ4v) is 0.986. The lowest BCUT2D eigenvalue weighted by Gasteiger charge is -2.08. The number of ether oxygens (including phenoxy) is 1. The summed E-state index contributed by atoms with van der Waals surface area (Å²) in [5.74, 6) is 0.0369.